The van der Waals surface area contributed by atoms with Gasteiger partial charge < -0.3 is 10.6 Å². The van der Waals surface area contributed by atoms with E-state index in [4.69, 9.17) is 5.14 Å². The standard InChI is InChI=1S/C18H19N3O4S/c1-11-5-8-15(26(19,24)25)10-16(11)18(23)21-14-4-2-3-13(9-14)20-17(22)12-6-7-12/h2-5,8-10,12H,6-7H2,1H3,(H,20,22)(H,21,23)(H2,19,24,25). The highest BCUT2D eigenvalue weighted by atomic mass is 32.2. The number of rotatable bonds is 5. The molecule has 0 unspecified atom stereocenters. The van der Waals surface area contributed by atoms with Crippen molar-refractivity contribution < 1.29 is 18.0 Å². The largest absolute Gasteiger partial charge is 0.326 e. The molecule has 0 radical (unpaired) electrons. The van der Waals surface area contributed by atoms with Crippen LogP contribution in [-0.2, 0) is 14.8 Å². The second-order valence-electron chi connectivity index (χ2n) is 6.32. The van der Waals surface area contributed by atoms with E-state index in [0.29, 0.717) is 16.9 Å². The van der Waals surface area contributed by atoms with Crippen LogP contribution in [0.2, 0.25) is 0 Å². The summed E-state index contributed by atoms with van der Waals surface area (Å²) < 4.78 is 23.0. The summed E-state index contributed by atoms with van der Waals surface area (Å²) in [6.07, 6.45) is 1.81. The molecule has 1 fully saturated rings. The molecule has 2 aromatic carbocycles. The Morgan fingerprint density at radius 2 is 1.69 bits per heavy atom. The minimum atomic E-state index is -3.90. The zero-order valence-corrected chi connectivity index (χ0v) is 15.0. The summed E-state index contributed by atoms with van der Waals surface area (Å²) in [5.41, 5.74) is 1.91. The average molecular weight is 373 g/mol. The number of nitrogens with one attached hydrogen (secondary N) is 2. The fourth-order valence-electron chi connectivity index (χ4n) is 2.49. The molecule has 26 heavy (non-hydrogen) atoms. The Labute approximate surface area is 151 Å². The Hall–Kier alpha value is -2.71. The van der Waals surface area contributed by atoms with Crippen LogP contribution in [0.3, 0.4) is 0 Å². The van der Waals surface area contributed by atoms with Gasteiger partial charge in [-0.3, -0.25) is 9.59 Å². The molecule has 7 nitrogen and oxygen atoms in total. The minimum Gasteiger partial charge on any atom is -0.326 e. The molecule has 2 aromatic rings. The van der Waals surface area contributed by atoms with Crippen LogP contribution in [0.25, 0.3) is 0 Å². The molecular formula is C18H19N3O4S. The van der Waals surface area contributed by atoms with Crippen molar-refractivity contribution in [1.29, 1.82) is 0 Å². The summed E-state index contributed by atoms with van der Waals surface area (Å²) >= 11 is 0. The van der Waals surface area contributed by atoms with Gasteiger partial charge in [-0.25, -0.2) is 13.6 Å². The third-order valence-electron chi connectivity index (χ3n) is 4.12. The molecule has 2 amide bonds. The molecule has 136 valence electrons. The summed E-state index contributed by atoms with van der Waals surface area (Å²) in [4.78, 5) is 24.2. The Kier molecular flexibility index (Phi) is 4.80. The summed E-state index contributed by atoms with van der Waals surface area (Å²) in [6.45, 7) is 1.70. The number of hydrogen-bond acceptors (Lipinski definition) is 4. The van der Waals surface area contributed by atoms with E-state index in [9.17, 15) is 18.0 Å². The van der Waals surface area contributed by atoms with Gasteiger partial charge >= 0.3 is 0 Å². The van der Waals surface area contributed by atoms with Crippen molar-refractivity contribution in [3.05, 3.63) is 53.6 Å². The Morgan fingerprint density at radius 3 is 2.31 bits per heavy atom. The number of carbonyl (C=O) groups is 2. The summed E-state index contributed by atoms with van der Waals surface area (Å²) in [5.74, 6) is -0.402. The van der Waals surface area contributed by atoms with Gasteiger partial charge in [0.15, 0.2) is 0 Å². The summed E-state index contributed by atoms with van der Waals surface area (Å²) in [5, 5.41) is 10.6. The predicted octanol–water partition coefficient (Wildman–Crippen LogP) is 2.24. The zero-order valence-electron chi connectivity index (χ0n) is 14.2. The maximum atomic E-state index is 12.5. The molecule has 8 heteroatoms. The highest BCUT2D eigenvalue weighted by Crippen LogP contribution is 2.30. The van der Waals surface area contributed by atoms with Gasteiger partial charge in [-0.1, -0.05) is 12.1 Å². The first kappa shape index (κ1) is 18.1. The molecule has 0 heterocycles. The van der Waals surface area contributed by atoms with Crippen molar-refractivity contribution in [2.24, 2.45) is 11.1 Å². The molecule has 1 saturated carbocycles. The number of primary sulfonamides is 1. The normalized spacial score (nSPS) is 13.9. The molecular weight excluding hydrogens is 354 g/mol. The van der Waals surface area contributed by atoms with Gasteiger partial charge in [0.25, 0.3) is 5.91 Å². The molecule has 0 spiro atoms. The van der Waals surface area contributed by atoms with Crippen molar-refractivity contribution >= 4 is 33.2 Å². The summed E-state index contributed by atoms with van der Waals surface area (Å²) in [7, 11) is -3.90. The Morgan fingerprint density at radius 1 is 1.04 bits per heavy atom. The highest BCUT2D eigenvalue weighted by Gasteiger charge is 2.29. The number of carbonyl (C=O) groups excluding carboxylic acids is 2. The number of anilines is 2. The molecule has 0 saturated heterocycles. The monoisotopic (exact) mass is 373 g/mol. The lowest BCUT2D eigenvalue weighted by molar-refractivity contribution is -0.117. The number of aryl methyl sites for hydroxylation is 1. The highest BCUT2D eigenvalue weighted by molar-refractivity contribution is 7.89. The number of nitrogens with two attached hydrogens (primary N) is 1. The topological polar surface area (TPSA) is 118 Å². The van der Waals surface area contributed by atoms with E-state index in [1.165, 1.54) is 18.2 Å². The Balaban J connectivity index is 1.78. The molecule has 0 atom stereocenters. The van der Waals surface area contributed by atoms with Crippen molar-refractivity contribution in [3.8, 4) is 0 Å². The van der Waals surface area contributed by atoms with Crippen LogP contribution >= 0.6 is 0 Å². The van der Waals surface area contributed by atoms with Gasteiger partial charge in [0.2, 0.25) is 15.9 Å². The fraction of sp³-hybridized carbons (Fsp3) is 0.222. The van der Waals surface area contributed by atoms with Gasteiger partial charge in [-0.15, -0.1) is 0 Å². The van der Waals surface area contributed by atoms with Gasteiger partial charge in [0.1, 0.15) is 0 Å². The van der Waals surface area contributed by atoms with Crippen LogP contribution in [0.1, 0.15) is 28.8 Å². The second kappa shape index (κ2) is 6.89. The van der Waals surface area contributed by atoms with Crippen LogP contribution < -0.4 is 15.8 Å². The molecule has 1 aliphatic carbocycles. The third-order valence-corrected chi connectivity index (χ3v) is 5.03. The lowest BCUT2D eigenvalue weighted by Gasteiger charge is -2.11. The maximum Gasteiger partial charge on any atom is 0.255 e. The van der Waals surface area contributed by atoms with Crippen LogP contribution in [0.15, 0.2) is 47.4 Å². The fourth-order valence-corrected chi connectivity index (χ4v) is 3.03. The molecule has 0 aliphatic heterocycles. The van der Waals surface area contributed by atoms with Gasteiger partial charge in [-0.2, -0.15) is 0 Å². The maximum absolute atomic E-state index is 12.5. The number of hydrogen-bond donors (Lipinski definition) is 3. The van der Waals surface area contributed by atoms with E-state index < -0.39 is 15.9 Å². The van der Waals surface area contributed by atoms with Crippen molar-refractivity contribution in [3.63, 3.8) is 0 Å². The van der Waals surface area contributed by atoms with Crippen molar-refractivity contribution in [2.45, 2.75) is 24.7 Å². The number of amides is 2. The van der Waals surface area contributed by atoms with Crippen LogP contribution in [0, 0.1) is 12.8 Å². The molecule has 4 N–H and O–H groups in total. The number of benzene rings is 2. The van der Waals surface area contributed by atoms with Gasteiger partial charge in [-0.05, 0) is 55.7 Å². The van der Waals surface area contributed by atoms with Crippen molar-refractivity contribution in [2.75, 3.05) is 10.6 Å². The first-order valence-corrected chi connectivity index (χ1v) is 9.64. The van der Waals surface area contributed by atoms with E-state index in [-0.39, 0.29) is 22.3 Å². The second-order valence-corrected chi connectivity index (χ2v) is 7.88. The zero-order chi connectivity index (χ0) is 18.9. The van der Waals surface area contributed by atoms with E-state index in [1.807, 2.05) is 0 Å². The SMILES string of the molecule is Cc1ccc(S(N)(=O)=O)cc1C(=O)Nc1cccc(NC(=O)C2CC2)c1. The quantitative estimate of drug-likeness (QED) is 0.745. The lowest BCUT2D eigenvalue weighted by Crippen LogP contribution is -2.17. The molecule has 0 aromatic heterocycles. The van der Waals surface area contributed by atoms with E-state index in [2.05, 4.69) is 10.6 Å². The average Bonchev–Trinajstić information content (AvgIpc) is 3.39. The van der Waals surface area contributed by atoms with Gasteiger partial charge in [0.05, 0.1) is 4.90 Å². The molecule has 0 bridgehead atoms. The smallest absolute Gasteiger partial charge is 0.255 e. The third kappa shape index (κ3) is 4.27. The number of sulfonamides is 1. The van der Waals surface area contributed by atoms with Gasteiger partial charge in [0, 0.05) is 22.9 Å². The van der Waals surface area contributed by atoms with Crippen LogP contribution in [0.5, 0.6) is 0 Å². The summed E-state index contributed by atoms with van der Waals surface area (Å²) in [6, 6.07) is 10.9. The minimum absolute atomic E-state index is 0.0230. The first-order chi connectivity index (χ1) is 12.2. The van der Waals surface area contributed by atoms with Crippen molar-refractivity contribution in [1.82, 2.24) is 0 Å². The van der Waals surface area contributed by atoms with E-state index in [1.54, 1.807) is 31.2 Å². The Bertz CT molecular complexity index is 982. The molecule has 1 aliphatic rings. The first-order valence-electron chi connectivity index (χ1n) is 8.10. The predicted molar refractivity (Wildman–Crippen MR) is 98.3 cm³/mol. The van der Waals surface area contributed by atoms with Crippen LogP contribution in [-0.4, -0.2) is 20.2 Å². The lowest BCUT2D eigenvalue weighted by atomic mass is 10.1. The van der Waals surface area contributed by atoms with E-state index >= 15 is 0 Å². The molecule has 3 rings (SSSR count). The van der Waals surface area contributed by atoms with E-state index in [0.717, 1.165) is 12.8 Å². The van der Waals surface area contributed by atoms with Crippen LogP contribution in [0.4, 0.5) is 11.4 Å².